The zero-order valence-corrected chi connectivity index (χ0v) is 20.7. The van der Waals surface area contributed by atoms with Gasteiger partial charge in [0, 0.05) is 10.0 Å². The van der Waals surface area contributed by atoms with Crippen molar-refractivity contribution in [1.82, 2.24) is 5.32 Å². The molecule has 0 aliphatic heterocycles. The smallest absolute Gasteiger partial charge is 0.268 e. The van der Waals surface area contributed by atoms with Crippen molar-refractivity contribution in [3.8, 4) is 5.75 Å². The third-order valence-corrected chi connectivity index (χ3v) is 7.34. The van der Waals surface area contributed by atoms with Gasteiger partial charge in [0.25, 0.3) is 10.0 Å². The topological polar surface area (TPSA) is 75.7 Å². The Morgan fingerprint density at radius 2 is 1.58 bits per heavy atom. The first kappa shape index (κ1) is 24.9. The van der Waals surface area contributed by atoms with Gasteiger partial charge in [-0.05, 0) is 73.5 Å². The third-order valence-electron chi connectivity index (χ3n) is 5.04. The van der Waals surface area contributed by atoms with E-state index in [9.17, 15) is 13.2 Å². The molecule has 174 valence electrons. The van der Waals surface area contributed by atoms with Crippen molar-refractivity contribution in [2.24, 2.45) is 0 Å². The third kappa shape index (κ3) is 5.99. The van der Waals surface area contributed by atoms with Gasteiger partial charge in [-0.1, -0.05) is 41.4 Å². The fraction of sp³-hybridized carbons (Fsp3) is 0.208. The molecule has 0 unspecified atom stereocenters. The number of hydrogen-bond acceptors (Lipinski definition) is 4. The highest BCUT2D eigenvalue weighted by Gasteiger charge is 2.30. The molecule has 0 aliphatic carbocycles. The number of halogens is 2. The second-order valence-electron chi connectivity index (χ2n) is 7.48. The van der Waals surface area contributed by atoms with Crippen molar-refractivity contribution in [3.05, 3.63) is 87.9 Å². The number of carbonyl (C=O) groups excluding carboxylic acids is 1. The van der Waals surface area contributed by atoms with Crippen molar-refractivity contribution in [2.45, 2.75) is 24.8 Å². The summed E-state index contributed by atoms with van der Waals surface area (Å²) in [5.74, 6) is -0.280. The van der Waals surface area contributed by atoms with E-state index in [0.29, 0.717) is 15.7 Å². The lowest BCUT2D eigenvalue weighted by atomic mass is 10.1. The van der Waals surface area contributed by atoms with Crippen LogP contribution in [0.1, 0.15) is 24.1 Å². The van der Waals surface area contributed by atoms with Gasteiger partial charge >= 0.3 is 0 Å². The second kappa shape index (κ2) is 10.5. The van der Waals surface area contributed by atoms with E-state index in [1.165, 1.54) is 13.2 Å². The van der Waals surface area contributed by atoms with Crippen molar-refractivity contribution in [2.75, 3.05) is 18.0 Å². The highest BCUT2D eigenvalue weighted by atomic mass is 35.5. The van der Waals surface area contributed by atoms with Gasteiger partial charge in [-0.2, -0.15) is 0 Å². The number of rotatable bonds is 8. The van der Waals surface area contributed by atoms with Crippen LogP contribution in [0.5, 0.6) is 5.75 Å². The summed E-state index contributed by atoms with van der Waals surface area (Å²) in [5, 5.41) is 3.88. The van der Waals surface area contributed by atoms with Crippen LogP contribution in [0.3, 0.4) is 0 Å². The Hall–Kier alpha value is -2.74. The van der Waals surface area contributed by atoms with Crippen LogP contribution in [-0.2, 0) is 14.8 Å². The average Bonchev–Trinajstić information content (AvgIpc) is 2.78. The Morgan fingerprint density at radius 3 is 2.15 bits per heavy atom. The molecule has 3 aromatic carbocycles. The first-order chi connectivity index (χ1) is 15.6. The number of sulfonamides is 1. The van der Waals surface area contributed by atoms with Crippen LogP contribution in [-0.4, -0.2) is 28.0 Å². The van der Waals surface area contributed by atoms with Gasteiger partial charge < -0.3 is 10.1 Å². The number of benzene rings is 3. The zero-order chi connectivity index (χ0) is 24.2. The molecule has 0 spiro atoms. The molecule has 0 aliphatic rings. The summed E-state index contributed by atoms with van der Waals surface area (Å²) in [6, 6.07) is 17.8. The summed E-state index contributed by atoms with van der Waals surface area (Å²) in [6.45, 7) is 3.16. The Kier molecular flexibility index (Phi) is 7.89. The Balaban J connectivity index is 1.95. The Morgan fingerprint density at radius 1 is 1.00 bits per heavy atom. The van der Waals surface area contributed by atoms with E-state index in [1.807, 2.05) is 6.92 Å². The van der Waals surface area contributed by atoms with Gasteiger partial charge in [0.2, 0.25) is 5.91 Å². The molecule has 0 fully saturated rings. The molecule has 9 heteroatoms. The number of hydrogen-bond donors (Lipinski definition) is 1. The molecule has 1 N–H and O–H groups in total. The lowest BCUT2D eigenvalue weighted by Crippen LogP contribution is -2.41. The maximum Gasteiger partial charge on any atom is 0.268 e. The largest absolute Gasteiger partial charge is 0.495 e. The highest BCUT2D eigenvalue weighted by Crippen LogP contribution is 2.31. The fourth-order valence-electron chi connectivity index (χ4n) is 3.28. The number of methoxy groups -OCH3 is 1. The van der Waals surface area contributed by atoms with E-state index in [2.05, 4.69) is 5.32 Å². The second-order valence-corrected chi connectivity index (χ2v) is 10.2. The van der Waals surface area contributed by atoms with Gasteiger partial charge in [-0.25, -0.2) is 8.42 Å². The zero-order valence-electron chi connectivity index (χ0n) is 18.4. The lowest BCUT2D eigenvalue weighted by Gasteiger charge is -2.26. The predicted octanol–water partition coefficient (Wildman–Crippen LogP) is 5.38. The van der Waals surface area contributed by atoms with Crippen molar-refractivity contribution in [3.63, 3.8) is 0 Å². The number of amides is 1. The molecule has 0 bridgehead atoms. The molecule has 3 rings (SSSR count). The SMILES string of the molecule is COc1ccc(C)cc1S(=O)(=O)N(CC(=O)N[C@H](C)c1ccc(Cl)cc1)c1ccc(Cl)cc1. The Labute approximate surface area is 204 Å². The van der Waals surface area contributed by atoms with Gasteiger partial charge in [0.05, 0.1) is 18.8 Å². The Bertz CT molecular complexity index is 1230. The minimum atomic E-state index is -4.15. The number of ether oxygens (including phenoxy) is 1. The van der Waals surface area contributed by atoms with E-state index in [-0.39, 0.29) is 16.7 Å². The molecule has 0 aromatic heterocycles. The number of anilines is 1. The van der Waals surface area contributed by atoms with Crippen molar-refractivity contribution in [1.29, 1.82) is 0 Å². The van der Waals surface area contributed by atoms with Crippen LogP contribution >= 0.6 is 23.2 Å². The van der Waals surface area contributed by atoms with E-state index in [0.717, 1.165) is 15.4 Å². The van der Waals surface area contributed by atoms with Crippen LogP contribution in [0, 0.1) is 6.92 Å². The van der Waals surface area contributed by atoms with E-state index in [1.54, 1.807) is 67.6 Å². The summed E-state index contributed by atoms with van der Waals surface area (Å²) >= 11 is 11.9. The lowest BCUT2D eigenvalue weighted by molar-refractivity contribution is -0.120. The number of nitrogens with one attached hydrogen (secondary N) is 1. The number of nitrogens with zero attached hydrogens (tertiary/aromatic N) is 1. The minimum absolute atomic E-state index is 0.0292. The van der Waals surface area contributed by atoms with Gasteiger partial charge in [-0.3, -0.25) is 9.10 Å². The quantitative estimate of drug-likeness (QED) is 0.444. The molecule has 1 atom stereocenters. The average molecular weight is 507 g/mol. The van der Waals surface area contributed by atoms with E-state index >= 15 is 0 Å². The first-order valence-corrected chi connectivity index (χ1v) is 12.3. The van der Waals surface area contributed by atoms with E-state index in [4.69, 9.17) is 27.9 Å². The van der Waals surface area contributed by atoms with Crippen LogP contribution in [0.2, 0.25) is 10.0 Å². The molecule has 3 aromatic rings. The molecular weight excluding hydrogens is 483 g/mol. The molecular formula is C24H24Cl2N2O4S. The number of aryl methyl sites for hydroxylation is 1. The fourth-order valence-corrected chi connectivity index (χ4v) is 5.20. The maximum absolute atomic E-state index is 13.7. The van der Waals surface area contributed by atoms with Crippen LogP contribution in [0.15, 0.2) is 71.6 Å². The summed E-state index contributed by atoms with van der Waals surface area (Å²) in [6.07, 6.45) is 0. The summed E-state index contributed by atoms with van der Waals surface area (Å²) < 4.78 is 33.7. The number of carbonyl (C=O) groups is 1. The standard InChI is InChI=1S/C24H24Cl2N2O4S/c1-16-4-13-22(32-3)23(14-16)33(30,31)28(21-11-9-20(26)10-12-21)15-24(29)27-17(2)18-5-7-19(25)8-6-18/h4-14,17H,15H2,1-3H3,(H,27,29)/t17-/m1/s1. The predicted molar refractivity (Wildman–Crippen MR) is 132 cm³/mol. The highest BCUT2D eigenvalue weighted by molar-refractivity contribution is 7.93. The minimum Gasteiger partial charge on any atom is -0.495 e. The molecule has 0 saturated heterocycles. The first-order valence-electron chi connectivity index (χ1n) is 10.1. The summed E-state index contributed by atoms with van der Waals surface area (Å²) in [7, 11) is -2.75. The van der Waals surface area contributed by atoms with Crippen LogP contribution in [0.25, 0.3) is 0 Å². The van der Waals surface area contributed by atoms with Crippen molar-refractivity contribution >= 4 is 44.8 Å². The van der Waals surface area contributed by atoms with Crippen LogP contribution in [0.4, 0.5) is 5.69 Å². The molecule has 0 heterocycles. The van der Waals surface area contributed by atoms with Gasteiger partial charge in [0.1, 0.15) is 17.2 Å². The van der Waals surface area contributed by atoms with E-state index < -0.39 is 22.5 Å². The summed E-state index contributed by atoms with van der Waals surface area (Å²) in [5.41, 5.74) is 1.89. The van der Waals surface area contributed by atoms with Crippen LogP contribution < -0.4 is 14.4 Å². The van der Waals surface area contributed by atoms with Gasteiger partial charge in [-0.15, -0.1) is 0 Å². The maximum atomic E-state index is 13.7. The molecule has 1 amide bonds. The summed E-state index contributed by atoms with van der Waals surface area (Å²) in [4.78, 5) is 12.9. The monoisotopic (exact) mass is 506 g/mol. The molecule has 0 saturated carbocycles. The molecule has 0 radical (unpaired) electrons. The molecule has 33 heavy (non-hydrogen) atoms. The normalized spacial score (nSPS) is 12.2. The molecule has 6 nitrogen and oxygen atoms in total. The van der Waals surface area contributed by atoms with Gasteiger partial charge in [0.15, 0.2) is 0 Å². The van der Waals surface area contributed by atoms with Crippen molar-refractivity contribution < 1.29 is 17.9 Å².